The van der Waals surface area contributed by atoms with Gasteiger partial charge in [0.05, 0.1) is 13.2 Å². The number of carbonyl (C=O) groups excluding carboxylic acids is 1. The third-order valence-corrected chi connectivity index (χ3v) is 2.62. The van der Waals surface area contributed by atoms with Gasteiger partial charge in [0.15, 0.2) is 0 Å². The average Bonchev–Trinajstić information content (AvgIpc) is 2.39. The van der Waals surface area contributed by atoms with E-state index in [-0.39, 0.29) is 5.97 Å². The molecule has 0 saturated carbocycles. The van der Waals surface area contributed by atoms with Crippen molar-refractivity contribution in [2.45, 2.75) is 32.7 Å². The molecule has 1 atom stereocenters. The van der Waals surface area contributed by atoms with Crippen LogP contribution < -0.4 is 10.5 Å². The third-order valence-electron chi connectivity index (χ3n) is 2.62. The first-order chi connectivity index (χ1) is 8.69. The number of rotatable bonds is 7. The molecule has 1 aromatic carbocycles. The Kier molecular flexibility index (Phi) is 6.22. The monoisotopic (exact) mass is 252 g/mol. The molecular formula is C14H22NO3+. The molecule has 0 aliphatic heterocycles. The van der Waals surface area contributed by atoms with Crippen molar-refractivity contribution in [3.05, 3.63) is 29.8 Å². The molecule has 4 heteroatoms. The van der Waals surface area contributed by atoms with Gasteiger partial charge in [0.1, 0.15) is 5.75 Å². The Bertz CT molecular complexity index is 362. The highest BCUT2D eigenvalue weighted by atomic mass is 16.5. The molecule has 0 unspecified atom stereocenters. The molecule has 0 aliphatic carbocycles. The highest BCUT2D eigenvalue weighted by Gasteiger charge is 2.20. The molecule has 100 valence electrons. The van der Waals surface area contributed by atoms with Gasteiger partial charge in [-0.15, -0.1) is 0 Å². The summed E-state index contributed by atoms with van der Waals surface area (Å²) in [6, 6.07) is 6.96. The molecular weight excluding hydrogens is 230 g/mol. The van der Waals surface area contributed by atoms with Gasteiger partial charge in [-0.05, 0) is 37.6 Å². The van der Waals surface area contributed by atoms with E-state index in [0.29, 0.717) is 6.61 Å². The van der Waals surface area contributed by atoms with Crippen LogP contribution in [0.1, 0.15) is 38.3 Å². The second-order valence-electron chi connectivity index (χ2n) is 4.08. The van der Waals surface area contributed by atoms with Crippen molar-refractivity contribution in [3.63, 3.8) is 0 Å². The maximum absolute atomic E-state index is 11.5. The van der Waals surface area contributed by atoms with Crippen LogP contribution in [0.15, 0.2) is 24.3 Å². The predicted octanol–water partition coefficient (Wildman–Crippen LogP) is 1.71. The summed E-state index contributed by atoms with van der Waals surface area (Å²) in [5.41, 5.74) is 4.66. The molecule has 0 amide bonds. The van der Waals surface area contributed by atoms with Crippen molar-refractivity contribution in [3.8, 4) is 5.75 Å². The second kappa shape index (κ2) is 7.71. The van der Waals surface area contributed by atoms with Crippen LogP contribution in [0.3, 0.4) is 0 Å². The predicted molar refractivity (Wildman–Crippen MR) is 69.1 cm³/mol. The number of hydrogen-bond acceptors (Lipinski definition) is 3. The minimum atomic E-state index is -0.477. The zero-order valence-corrected chi connectivity index (χ0v) is 11.1. The molecule has 0 spiro atoms. The first-order valence-electron chi connectivity index (χ1n) is 6.41. The van der Waals surface area contributed by atoms with Gasteiger partial charge in [-0.2, -0.15) is 0 Å². The average molecular weight is 252 g/mol. The van der Waals surface area contributed by atoms with Crippen molar-refractivity contribution in [2.75, 3.05) is 13.2 Å². The molecule has 1 rings (SSSR count). The summed E-state index contributed by atoms with van der Waals surface area (Å²) in [6.07, 6.45) is 2.16. The van der Waals surface area contributed by atoms with Crippen LogP contribution in [-0.4, -0.2) is 19.2 Å². The fraction of sp³-hybridized carbons (Fsp3) is 0.500. The van der Waals surface area contributed by atoms with Gasteiger partial charge in [-0.25, -0.2) is 4.79 Å². The van der Waals surface area contributed by atoms with Crippen LogP contribution in [-0.2, 0) is 9.53 Å². The summed E-state index contributed by atoms with van der Waals surface area (Å²) in [6.45, 7) is 5.01. The normalized spacial score (nSPS) is 11.9. The van der Waals surface area contributed by atoms with Gasteiger partial charge in [0, 0.05) is 5.56 Å². The topological polar surface area (TPSA) is 63.2 Å². The van der Waals surface area contributed by atoms with E-state index in [0.717, 1.165) is 30.8 Å². The Hall–Kier alpha value is -1.55. The Morgan fingerprint density at radius 2 is 1.94 bits per heavy atom. The second-order valence-corrected chi connectivity index (χ2v) is 4.08. The first-order valence-corrected chi connectivity index (χ1v) is 6.41. The number of ether oxygens (including phenoxy) is 2. The Morgan fingerprint density at radius 3 is 2.50 bits per heavy atom. The molecule has 0 bridgehead atoms. The van der Waals surface area contributed by atoms with Gasteiger partial charge in [0.2, 0.25) is 6.04 Å². The largest absolute Gasteiger partial charge is 0.494 e. The molecule has 4 nitrogen and oxygen atoms in total. The van der Waals surface area contributed by atoms with E-state index in [1.54, 1.807) is 6.92 Å². The van der Waals surface area contributed by atoms with E-state index in [9.17, 15) is 4.79 Å². The number of hydrogen-bond donors (Lipinski definition) is 1. The van der Waals surface area contributed by atoms with Gasteiger partial charge < -0.3 is 15.2 Å². The number of carbonyl (C=O) groups is 1. The molecule has 0 saturated heterocycles. The Labute approximate surface area is 108 Å². The zero-order chi connectivity index (χ0) is 13.4. The Balaban J connectivity index is 2.56. The summed E-state index contributed by atoms with van der Waals surface area (Å²) >= 11 is 0. The number of esters is 1. The van der Waals surface area contributed by atoms with E-state index < -0.39 is 6.04 Å². The SMILES string of the molecule is CCCCOc1ccc([C@@H]([NH3+])C(=O)OCC)cc1. The highest BCUT2D eigenvalue weighted by Crippen LogP contribution is 2.16. The lowest BCUT2D eigenvalue weighted by Crippen LogP contribution is -2.57. The fourth-order valence-electron chi connectivity index (χ4n) is 1.51. The molecule has 1 aromatic rings. The molecule has 3 N–H and O–H groups in total. The van der Waals surface area contributed by atoms with Gasteiger partial charge in [-0.3, -0.25) is 0 Å². The van der Waals surface area contributed by atoms with Crippen LogP contribution in [0, 0.1) is 0 Å². The van der Waals surface area contributed by atoms with Crippen molar-refractivity contribution < 1.29 is 20.0 Å². The first kappa shape index (κ1) is 14.5. The van der Waals surface area contributed by atoms with Crippen LogP contribution in [0.2, 0.25) is 0 Å². The van der Waals surface area contributed by atoms with E-state index >= 15 is 0 Å². The van der Waals surface area contributed by atoms with Crippen LogP contribution >= 0.6 is 0 Å². The molecule has 18 heavy (non-hydrogen) atoms. The van der Waals surface area contributed by atoms with Crippen molar-refractivity contribution in [1.29, 1.82) is 0 Å². The molecule has 0 aromatic heterocycles. The molecule has 0 aliphatic rings. The summed E-state index contributed by atoms with van der Waals surface area (Å²) in [5.74, 6) is 0.528. The maximum Gasteiger partial charge on any atom is 0.369 e. The lowest BCUT2D eigenvalue weighted by molar-refractivity contribution is -0.414. The number of unbranched alkanes of at least 4 members (excludes halogenated alkanes) is 1. The number of benzene rings is 1. The van der Waals surface area contributed by atoms with Crippen LogP contribution in [0.4, 0.5) is 0 Å². The lowest BCUT2D eigenvalue weighted by Gasteiger charge is -2.09. The minimum Gasteiger partial charge on any atom is -0.494 e. The van der Waals surface area contributed by atoms with E-state index in [1.165, 1.54) is 0 Å². The lowest BCUT2D eigenvalue weighted by atomic mass is 10.1. The fourth-order valence-corrected chi connectivity index (χ4v) is 1.51. The number of quaternary nitrogens is 1. The smallest absolute Gasteiger partial charge is 0.369 e. The summed E-state index contributed by atoms with van der Waals surface area (Å²) in [7, 11) is 0. The van der Waals surface area contributed by atoms with Crippen molar-refractivity contribution in [1.82, 2.24) is 0 Å². The zero-order valence-electron chi connectivity index (χ0n) is 11.1. The van der Waals surface area contributed by atoms with Crippen molar-refractivity contribution in [2.24, 2.45) is 0 Å². The van der Waals surface area contributed by atoms with E-state index in [4.69, 9.17) is 9.47 Å². The van der Waals surface area contributed by atoms with E-state index in [2.05, 4.69) is 12.7 Å². The Morgan fingerprint density at radius 1 is 1.28 bits per heavy atom. The standard InChI is InChI=1S/C14H21NO3/c1-3-5-10-18-12-8-6-11(7-9-12)13(15)14(16)17-4-2/h6-9,13H,3-5,10,15H2,1-2H3/p+1/t13-/m1/s1. The quantitative estimate of drug-likeness (QED) is 0.593. The van der Waals surface area contributed by atoms with Gasteiger partial charge >= 0.3 is 5.97 Å². The summed E-state index contributed by atoms with van der Waals surface area (Å²) < 4.78 is 10.5. The maximum atomic E-state index is 11.5. The summed E-state index contributed by atoms with van der Waals surface area (Å²) in [5, 5.41) is 0. The molecule has 0 heterocycles. The van der Waals surface area contributed by atoms with Crippen molar-refractivity contribution >= 4 is 5.97 Å². The van der Waals surface area contributed by atoms with Crippen LogP contribution in [0.25, 0.3) is 0 Å². The van der Waals surface area contributed by atoms with Gasteiger partial charge in [-0.1, -0.05) is 13.3 Å². The molecule has 0 fully saturated rings. The molecule has 0 radical (unpaired) electrons. The minimum absolute atomic E-state index is 0.294. The van der Waals surface area contributed by atoms with E-state index in [1.807, 2.05) is 24.3 Å². The third kappa shape index (κ3) is 4.37. The highest BCUT2D eigenvalue weighted by molar-refractivity contribution is 5.75. The van der Waals surface area contributed by atoms with Crippen LogP contribution in [0.5, 0.6) is 5.75 Å². The van der Waals surface area contributed by atoms with Gasteiger partial charge in [0.25, 0.3) is 0 Å². The summed E-state index contributed by atoms with van der Waals surface area (Å²) in [4.78, 5) is 11.5.